The molecule has 3 heteroatoms. The summed E-state index contributed by atoms with van der Waals surface area (Å²) in [6.45, 7) is 4.02. The van der Waals surface area contributed by atoms with Crippen LogP contribution >= 0.6 is 0 Å². The third kappa shape index (κ3) is 4.33. The van der Waals surface area contributed by atoms with Crippen LogP contribution in [0.3, 0.4) is 0 Å². The van der Waals surface area contributed by atoms with Crippen LogP contribution in [0, 0.1) is 11.8 Å². The number of hydrogen-bond acceptors (Lipinski definition) is 3. The number of pyridine rings is 1. The maximum atomic E-state index is 8.59. The molecular weight excluding hydrogens is 202 g/mol. The molecule has 0 fully saturated rings. The van der Waals surface area contributed by atoms with Gasteiger partial charge in [0.1, 0.15) is 12.4 Å². The Bertz CT molecular complexity index is 379. The third-order valence-electron chi connectivity index (χ3n) is 2.06. The molecule has 0 aliphatic rings. The molecule has 3 nitrogen and oxygen atoms in total. The number of aromatic nitrogens is 1. The highest BCUT2D eigenvalue weighted by Crippen LogP contribution is 2.14. The van der Waals surface area contributed by atoms with Crippen LogP contribution < -0.4 is 4.74 Å². The van der Waals surface area contributed by atoms with E-state index in [1.54, 1.807) is 12.4 Å². The molecular formula is C13H17NO2. The quantitative estimate of drug-likeness (QED) is 0.787. The Morgan fingerprint density at radius 1 is 1.50 bits per heavy atom. The first-order chi connectivity index (χ1) is 7.76. The normalized spacial score (nSPS) is 11.4. The molecule has 1 N–H and O–H groups in total. The fourth-order valence-corrected chi connectivity index (χ4v) is 1.39. The summed E-state index contributed by atoms with van der Waals surface area (Å²) in [5.74, 6) is 6.11. The van der Waals surface area contributed by atoms with Crippen LogP contribution in [0.1, 0.15) is 32.3 Å². The highest BCUT2D eigenvalue weighted by molar-refractivity contribution is 5.36. The molecule has 1 aromatic rings. The van der Waals surface area contributed by atoms with Gasteiger partial charge in [0.15, 0.2) is 0 Å². The van der Waals surface area contributed by atoms with Gasteiger partial charge in [-0.25, -0.2) is 0 Å². The first-order valence-electron chi connectivity index (χ1n) is 5.47. The highest BCUT2D eigenvalue weighted by Gasteiger charge is 2.03. The largest absolute Gasteiger partial charge is 0.489 e. The maximum absolute atomic E-state index is 8.59. The molecule has 1 rings (SSSR count). The Morgan fingerprint density at radius 3 is 3.00 bits per heavy atom. The van der Waals surface area contributed by atoms with Crippen molar-refractivity contribution in [3.05, 3.63) is 24.0 Å². The number of hydrogen-bond donors (Lipinski definition) is 1. The Balaban J connectivity index is 2.67. The van der Waals surface area contributed by atoms with Crippen LogP contribution in [0.4, 0.5) is 0 Å². The summed E-state index contributed by atoms with van der Waals surface area (Å²) in [6.07, 6.45) is 5.63. The minimum absolute atomic E-state index is 0.142. The zero-order valence-corrected chi connectivity index (χ0v) is 9.73. The molecule has 0 saturated heterocycles. The number of aliphatic hydroxyl groups is 1. The average Bonchev–Trinajstić information content (AvgIpc) is 2.27. The SMILES string of the molecule is CCCC(C)Oc1cncc(C#CCO)c1. The lowest BCUT2D eigenvalue weighted by molar-refractivity contribution is 0.209. The van der Waals surface area contributed by atoms with Crippen LogP contribution in [0.2, 0.25) is 0 Å². The van der Waals surface area contributed by atoms with Crippen molar-refractivity contribution in [3.63, 3.8) is 0 Å². The minimum atomic E-state index is -0.142. The van der Waals surface area contributed by atoms with Gasteiger partial charge in [-0.1, -0.05) is 25.2 Å². The molecule has 1 heterocycles. The summed E-state index contributed by atoms with van der Waals surface area (Å²) in [7, 11) is 0. The molecule has 0 spiro atoms. The van der Waals surface area contributed by atoms with Crippen molar-refractivity contribution in [1.29, 1.82) is 0 Å². The van der Waals surface area contributed by atoms with Gasteiger partial charge in [-0.2, -0.15) is 0 Å². The molecule has 0 aliphatic carbocycles. The molecule has 1 unspecified atom stereocenters. The molecule has 86 valence electrons. The van der Waals surface area contributed by atoms with Crippen molar-refractivity contribution in [2.45, 2.75) is 32.8 Å². The second-order valence-corrected chi connectivity index (χ2v) is 3.59. The highest BCUT2D eigenvalue weighted by atomic mass is 16.5. The summed E-state index contributed by atoms with van der Waals surface area (Å²) in [5.41, 5.74) is 0.759. The standard InChI is InChI=1S/C13H17NO2/c1-3-5-11(2)16-13-8-12(6-4-7-15)9-14-10-13/h8-11,15H,3,5,7H2,1-2H3. The lowest BCUT2D eigenvalue weighted by atomic mass is 10.2. The van der Waals surface area contributed by atoms with Gasteiger partial charge in [-0.05, 0) is 19.4 Å². The Labute approximate surface area is 96.5 Å². The number of ether oxygens (including phenoxy) is 1. The topological polar surface area (TPSA) is 42.4 Å². The van der Waals surface area contributed by atoms with Crippen molar-refractivity contribution in [3.8, 4) is 17.6 Å². The first-order valence-corrected chi connectivity index (χ1v) is 5.47. The summed E-state index contributed by atoms with van der Waals surface area (Å²) < 4.78 is 5.68. The van der Waals surface area contributed by atoms with Crippen molar-refractivity contribution in [2.75, 3.05) is 6.61 Å². The van der Waals surface area contributed by atoms with E-state index in [0.29, 0.717) is 0 Å². The molecule has 16 heavy (non-hydrogen) atoms. The maximum Gasteiger partial charge on any atom is 0.139 e. The monoisotopic (exact) mass is 219 g/mol. The van der Waals surface area contributed by atoms with E-state index in [-0.39, 0.29) is 12.7 Å². The van der Waals surface area contributed by atoms with E-state index in [4.69, 9.17) is 9.84 Å². The zero-order valence-electron chi connectivity index (χ0n) is 9.73. The summed E-state index contributed by atoms with van der Waals surface area (Å²) in [6, 6.07) is 1.84. The average molecular weight is 219 g/mol. The van der Waals surface area contributed by atoms with Crippen molar-refractivity contribution >= 4 is 0 Å². The summed E-state index contributed by atoms with van der Waals surface area (Å²) in [4.78, 5) is 4.04. The number of rotatable bonds is 4. The smallest absolute Gasteiger partial charge is 0.139 e. The molecule has 1 aromatic heterocycles. The second kappa shape index (κ2) is 6.86. The third-order valence-corrected chi connectivity index (χ3v) is 2.06. The van der Waals surface area contributed by atoms with Crippen molar-refractivity contribution < 1.29 is 9.84 Å². The van der Waals surface area contributed by atoms with Gasteiger partial charge in [-0.15, -0.1) is 0 Å². The molecule has 0 bridgehead atoms. The molecule has 1 atom stereocenters. The second-order valence-electron chi connectivity index (χ2n) is 3.59. The van der Waals surface area contributed by atoms with E-state index in [0.717, 1.165) is 24.2 Å². The molecule has 0 amide bonds. The van der Waals surface area contributed by atoms with Crippen molar-refractivity contribution in [2.24, 2.45) is 0 Å². The Hall–Kier alpha value is -1.53. The predicted octanol–water partition coefficient (Wildman–Crippen LogP) is 1.99. The van der Waals surface area contributed by atoms with Gasteiger partial charge in [0.05, 0.1) is 12.3 Å². The number of aliphatic hydroxyl groups excluding tert-OH is 1. The Kier molecular flexibility index (Phi) is 5.38. The van der Waals surface area contributed by atoms with E-state index in [1.165, 1.54) is 0 Å². The minimum Gasteiger partial charge on any atom is -0.489 e. The van der Waals surface area contributed by atoms with E-state index in [2.05, 4.69) is 23.7 Å². The lowest BCUT2D eigenvalue weighted by Gasteiger charge is -2.13. The first kappa shape index (κ1) is 12.5. The van der Waals surface area contributed by atoms with Crippen LogP contribution in [0.25, 0.3) is 0 Å². The van der Waals surface area contributed by atoms with Gasteiger partial charge >= 0.3 is 0 Å². The molecule has 0 aromatic carbocycles. The van der Waals surface area contributed by atoms with Crippen LogP contribution in [0.5, 0.6) is 5.75 Å². The molecule has 0 aliphatic heterocycles. The molecule has 0 radical (unpaired) electrons. The van der Waals surface area contributed by atoms with E-state index in [9.17, 15) is 0 Å². The predicted molar refractivity (Wildman–Crippen MR) is 63.2 cm³/mol. The lowest BCUT2D eigenvalue weighted by Crippen LogP contribution is -2.11. The van der Waals surface area contributed by atoms with E-state index in [1.807, 2.05) is 13.0 Å². The van der Waals surface area contributed by atoms with Gasteiger partial charge in [0, 0.05) is 11.8 Å². The summed E-state index contributed by atoms with van der Waals surface area (Å²) >= 11 is 0. The van der Waals surface area contributed by atoms with Crippen LogP contribution in [-0.4, -0.2) is 22.8 Å². The van der Waals surface area contributed by atoms with Gasteiger partial charge in [0.2, 0.25) is 0 Å². The van der Waals surface area contributed by atoms with Crippen LogP contribution in [-0.2, 0) is 0 Å². The van der Waals surface area contributed by atoms with E-state index < -0.39 is 0 Å². The summed E-state index contributed by atoms with van der Waals surface area (Å²) in [5, 5.41) is 8.59. The van der Waals surface area contributed by atoms with Gasteiger partial charge in [-0.3, -0.25) is 4.98 Å². The van der Waals surface area contributed by atoms with Crippen molar-refractivity contribution in [1.82, 2.24) is 4.98 Å². The van der Waals surface area contributed by atoms with Gasteiger partial charge < -0.3 is 9.84 Å². The van der Waals surface area contributed by atoms with E-state index >= 15 is 0 Å². The number of nitrogens with zero attached hydrogens (tertiary/aromatic N) is 1. The Morgan fingerprint density at radius 2 is 2.31 bits per heavy atom. The van der Waals surface area contributed by atoms with Gasteiger partial charge in [0.25, 0.3) is 0 Å². The molecule has 0 saturated carbocycles. The fraction of sp³-hybridized carbons (Fsp3) is 0.462. The fourth-order valence-electron chi connectivity index (χ4n) is 1.39. The van der Waals surface area contributed by atoms with Crippen LogP contribution in [0.15, 0.2) is 18.5 Å². The zero-order chi connectivity index (χ0) is 11.8.